The van der Waals surface area contributed by atoms with Gasteiger partial charge >= 0.3 is 5.97 Å². The van der Waals surface area contributed by atoms with Gasteiger partial charge in [0.1, 0.15) is 5.75 Å². The van der Waals surface area contributed by atoms with Crippen LogP contribution in [-0.4, -0.2) is 48.5 Å². The van der Waals surface area contributed by atoms with Crippen molar-refractivity contribution in [2.75, 3.05) is 26.7 Å². The van der Waals surface area contributed by atoms with Crippen LogP contribution in [0.4, 0.5) is 0 Å². The van der Waals surface area contributed by atoms with Crippen molar-refractivity contribution >= 4 is 11.8 Å². The van der Waals surface area contributed by atoms with Crippen molar-refractivity contribution < 1.29 is 19.4 Å². The van der Waals surface area contributed by atoms with Gasteiger partial charge in [0.25, 0.3) is 0 Å². The van der Waals surface area contributed by atoms with Crippen molar-refractivity contribution in [3.8, 4) is 5.75 Å². The van der Waals surface area contributed by atoms with Crippen molar-refractivity contribution in [1.82, 2.24) is 4.90 Å². The van der Waals surface area contributed by atoms with Crippen LogP contribution in [0.1, 0.15) is 41.0 Å². The van der Waals surface area contributed by atoms with Crippen molar-refractivity contribution in [1.29, 1.82) is 0 Å². The van der Waals surface area contributed by atoms with Gasteiger partial charge in [0.05, 0.1) is 24.8 Å². The van der Waals surface area contributed by atoms with Crippen molar-refractivity contribution in [3.05, 3.63) is 29.3 Å². The molecule has 22 heavy (non-hydrogen) atoms. The Morgan fingerprint density at radius 3 is 2.45 bits per heavy atom. The minimum absolute atomic E-state index is 0.0961. The Kier molecular flexibility index (Phi) is 5.19. The van der Waals surface area contributed by atoms with Gasteiger partial charge in [-0.15, -0.1) is 0 Å². The molecule has 0 radical (unpaired) electrons. The first-order valence-corrected chi connectivity index (χ1v) is 7.57. The first kappa shape index (κ1) is 16.5. The quantitative estimate of drug-likeness (QED) is 0.847. The van der Waals surface area contributed by atoms with Gasteiger partial charge in [0.15, 0.2) is 5.78 Å². The normalized spacial score (nSPS) is 22.3. The predicted octanol–water partition coefficient (Wildman–Crippen LogP) is 2.55. The molecule has 0 saturated carbocycles. The molecule has 1 aliphatic heterocycles. The summed E-state index contributed by atoms with van der Waals surface area (Å²) in [6.07, 6.45) is 1.18. The maximum Gasteiger partial charge on any atom is 0.335 e. The molecule has 5 nitrogen and oxygen atoms in total. The molecular weight excluding hydrogens is 282 g/mol. The molecule has 2 unspecified atom stereocenters. The maximum atomic E-state index is 12.6. The summed E-state index contributed by atoms with van der Waals surface area (Å²) >= 11 is 0. The third-order valence-electron chi connectivity index (χ3n) is 4.06. The molecule has 0 aliphatic carbocycles. The minimum atomic E-state index is -1.04. The average Bonchev–Trinajstić information content (AvgIpc) is 2.45. The number of carboxylic acid groups (broad SMARTS) is 1. The van der Waals surface area contributed by atoms with Crippen molar-refractivity contribution in [3.63, 3.8) is 0 Å². The number of carbonyl (C=O) groups is 2. The molecule has 1 aromatic carbocycles. The van der Waals surface area contributed by atoms with E-state index in [2.05, 4.69) is 18.7 Å². The number of carbonyl (C=O) groups excluding carboxylic acids is 1. The van der Waals surface area contributed by atoms with Gasteiger partial charge in [-0.2, -0.15) is 0 Å². The van der Waals surface area contributed by atoms with Crippen LogP contribution in [0.15, 0.2) is 18.2 Å². The number of nitrogens with zero attached hydrogens (tertiary/aromatic N) is 1. The van der Waals surface area contributed by atoms with E-state index in [1.807, 2.05) is 0 Å². The van der Waals surface area contributed by atoms with E-state index in [1.54, 1.807) is 0 Å². The molecule has 0 spiro atoms. The second-order valence-electron chi connectivity index (χ2n) is 6.28. The molecule has 1 N–H and O–H groups in total. The van der Waals surface area contributed by atoms with E-state index in [-0.39, 0.29) is 11.3 Å². The minimum Gasteiger partial charge on any atom is -0.496 e. The van der Waals surface area contributed by atoms with Crippen LogP contribution in [0.3, 0.4) is 0 Å². The highest BCUT2D eigenvalue weighted by molar-refractivity contribution is 6.02. The lowest BCUT2D eigenvalue weighted by molar-refractivity contribution is 0.0697. The smallest absolute Gasteiger partial charge is 0.335 e. The topological polar surface area (TPSA) is 66.8 Å². The predicted molar refractivity (Wildman–Crippen MR) is 83.7 cm³/mol. The number of aromatic carboxylic acids is 1. The first-order chi connectivity index (χ1) is 10.4. The molecule has 2 atom stereocenters. The monoisotopic (exact) mass is 305 g/mol. The highest BCUT2D eigenvalue weighted by Gasteiger charge is 2.25. The van der Waals surface area contributed by atoms with E-state index < -0.39 is 5.97 Å². The average molecular weight is 305 g/mol. The van der Waals surface area contributed by atoms with Crippen LogP contribution in [0, 0.1) is 11.8 Å². The van der Waals surface area contributed by atoms with Crippen LogP contribution in [-0.2, 0) is 0 Å². The van der Waals surface area contributed by atoms with Gasteiger partial charge in [-0.05, 0) is 36.5 Å². The Hall–Kier alpha value is -1.88. The van der Waals surface area contributed by atoms with Crippen molar-refractivity contribution in [2.24, 2.45) is 11.8 Å². The summed E-state index contributed by atoms with van der Waals surface area (Å²) < 4.78 is 5.20. The fraction of sp³-hybridized carbons (Fsp3) is 0.529. The molecule has 0 aromatic heterocycles. The van der Waals surface area contributed by atoms with E-state index >= 15 is 0 Å². The Bertz CT molecular complexity index is 560. The summed E-state index contributed by atoms with van der Waals surface area (Å²) in [7, 11) is 1.48. The van der Waals surface area contributed by atoms with E-state index in [0.717, 1.165) is 13.1 Å². The van der Waals surface area contributed by atoms with Gasteiger partial charge in [-0.3, -0.25) is 9.69 Å². The molecule has 120 valence electrons. The summed E-state index contributed by atoms with van der Waals surface area (Å²) in [6.45, 7) is 6.49. The largest absolute Gasteiger partial charge is 0.496 e. The van der Waals surface area contributed by atoms with E-state index in [0.29, 0.717) is 29.7 Å². The zero-order valence-electron chi connectivity index (χ0n) is 13.3. The third kappa shape index (κ3) is 3.85. The Morgan fingerprint density at radius 2 is 1.91 bits per heavy atom. The molecule has 1 aliphatic rings. The van der Waals surface area contributed by atoms with Crippen LogP contribution in [0.25, 0.3) is 0 Å². The van der Waals surface area contributed by atoms with E-state index in [4.69, 9.17) is 9.84 Å². The molecular formula is C17H23NO4. The van der Waals surface area contributed by atoms with Crippen LogP contribution >= 0.6 is 0 Å². The zero-order valence-corrected chi connectivity index (χ0v) is 13.3. The molecule has 1 fully saturated rings. The summed E-state index contributed by atoms with van der Waals surface area (Å²) in [5.74, 6) is 0.430. The summed E-state index contributed by atoms with van der Waals surface area (Å²) in [6, 6.07) is 4.39. The van der Waals surface area contributed by atoms with Gasteiger partial charge in [-0.25, -0.2) is 4.79 Å². The number of likely N-dealkylation sites (tertiary alicyclic amines) is 1. The second kappa shape index (κ2) is 6.92. The van der Waals surface area contributed by atoms with Gasteiger partial charge in [0, 0.05) is 13.1 Å². The molecule has 2 rings (SSSR count). The molecule has 5 heteroatoms. The standard InChI is InChI=1S/C17H23NO4/c1-11-6-12(2)9-18(8-11)10-15(19)14-7-13(17(20)21)4-5-16(14)22-3/h4-5,7,11-12H,6,8-10H2,1-3H3,(H,20,21). The summed E-state index contributed by atoms with van der Waals surface area (Å²) in [4.78, 5) is 25.8. The lowest BCUT2D eigenvalue weighted by Crippen LogP contribution is -2.41. The number of ether oxygens (including phenoxy) is 1. The fourth-order valence-corrected chi connectivity index (χ4v) is 3.27. The second-order valence-corrected chi connectivity index (χ2v) is 6.28. The SMILES string of the molecule is COc1ccc(C(=O)O)cc1C(=O)CN1CC(C)CC(C)C1. The summed E-state index contributed by atoms with van der Waals surface area (Å²) in [5, 5.41) is 9.08. The van der Waals surface area contributed by atoms with Crippen LogP contribution < -0.4 is 4.74 Å². The lowest BCUT2D eigenvalue weighted by Gasteiger charge is -2.34. The molecule has 0 amide bonds. The number of methoxy groups -OCH3 is 1. The molecule has 0 bridgehead atoms. The number of benzene rings is 1. The van der Waals surface area contributed by atoms with E-state index in [9.17, 15) is 9.59 Å². The molecule has 1 heterocycles. The van der Waals surface area contributed by atoms with Gasteiger partial charge < -0.3 is 9.84 Å². The number of rotatable bonds is 5. The Morgan fingerprint density at radius 1 is 1.27 bits per heavy atom. The highest BCUT2D eigenvalue weighted by Crippen LogP contribution is 2.24. The molecule has 1 aromatic rings. The highest BCUT2D eigenvalue weighted by atomic mass is 16.5. The fourth-order valence-electron chi connectivity index (χ4n) is 3.27. The third-order valence-corrected chi connectivity index (χ3v) is 4.06. The zero-order chi connectivity index (χ0) is 16.3. The van der Waals surface area contributed by atoms with Crippen molar-refractivity contribution in [2.45, 2.75) is 20.3 Å². The summed E-state index contributed by atoms with van der Waals surface area (Å²) in [5.41, 5.74) is 0.442. The number of Topliss-reactive ketones (excluding diaryl/α,β-unsaturated/α-hetero) is 1. The number of carboxylic acids is 1. The Balaban J connectivity index is 2.17. The number of hydrogen-bond donors (Lipinski definition) is 1. The number of hydrogen-bond acceptors (Lipinski definition) is 4. The molecule has 1 saturated heterocycles. The first-order valence-electron chi connectivity index (χ1n) is 7.57. The van der Waals surface area contributed by atoms with Gasteiger partial charge in [0.2, 0.25) is 0 Å². The maximum absolute atomic E-state index is 12.6. The van der Waals surface area contributed by atoms with Crippen LogP contribution in [0.2, 0.25) is 0 Å². The number of ketones is 1. The van der Waals surface area contributed by atoms with E-state index in [1.165, 1.54) is 31.7 Å². The lowest BCUT2D eigenvalue weighted by atomic mass is 9.91. The van der Waals surface area contributed by atoms with Crippen LogP contribution in [0.5, 0.6) is 5.75 Å². The van der Waals surface area contributed by atoms with Gasteiger partial charge in [-0.1, -0.05) is 13.8 Å². The Labute approximate surface area is 130 Å². The number of piperidine rings is 1.